The van der Waals surface area contributed by atoms with Crippen molar-refractivity contribution >= 4 is 11.9 Å². The number of rotatable bonds is 1. The first-order valence-electron chi connectivity index (χ1n) is 4.66. The average molecular weight is 222 g/mol. The van der Waals surface area contributed by atoms with Crippen molar-refractivity contribution in [2.24, 2.45) is 5.73 Å². The van der Waals surface area contributed by atoms with Crippen molar-refractivity contribution in [3.05, 3.63) is 29.6 Å². The number of aryl methyl sites for hydroxylation is 1. The lowest BCUT2D eigenvalue weighted by molar-refractivity contribution is -0.249. The van der Waals surface area contributed by atoms with Gasteiger partial charge in [-0.3, -0.25) is 15.3 Å². The van der Waals surface area contributed by atoms with Crippen molar-refractivity contribution in [3.63, 3.8) is 0 Å². The molecule has 0 bridgehead atoms. The molecular weight excluding hydrogens is 212 g/mol. The van der Waals surface area contributed by atoms with Crippen LogP contribution in [0.15, 0.2) is 18.2 Å². The fourth-order valence-electron chi connectivity index (χ4n) is 1.39. The monoisotopic (exact) mass is 222 g/mol. The lowest BCUT2D eigenvalue weighted by atomic mass is 10.2. The van der Waals surface area contributed by atoms with Crippen LogP contribution in [-0.4, -0.2) is 16.9 Å². The van der Waals surface area contributed by atoms with E-state index in [-0.39, 0.29) is 5.69 Å². The number of carbonyl (C=O) groups excluding carboxylic acids is 2. The average Bonchev–Trinajstić information content (AvgIpc) is 2.15. The van der Waals surface area contributed by atoms with Crippen LogP contribution in [0.5, 0.6) is 0 Å². The van der Waals surface area contributed by atoms with Crippen LogP contribution < -0.4 is 5.73 Å². The Morgan fingerprint density at radius 1 is 1.31 bits per heavy atom. The van der Waals surface area contributed by atoms with Gasteiger partial charge in [0.2, 0.25) is 0 Å². The molecule has 6 nitrogen and oxygen atoms in total. The molecule has 1 aromatic heterocycles. The van der Waals surface area contributed by atoms with E-state index in [9.17, 15) is 9.59 Å². The molecule has 84 valence electrons. The van der Waals surface area contributed by atoms with Gasteiger partial charge in [0.05, 0.1) is 0 Å². The van der Waals surface area contributed by atoms with Crippen LogP contribution in [-0.2, 0) is 25.0 Å². The Kier molecular flexibility index (Phi) is 2.35. The molecule has 0 unspecified atom stereocenters. The molecule has 1 aromatic rings. The van der Waals surface area contributed by atoms with Crippen molar-refractivity contribution < 1.29 is 19.1 Å². The highest BCUT2D eigenvalue weighted by atomic mass is 16.8. The van der Waals surface area contributed by atoms with Gasteiger partial charge in [-0.15, -0.1) is 0 Å². The number of hydrogen-bond acceptors (Lipinski definition) is 6. The number of nitrogens with two attached hydrogens (primary N) is 1. The minimum absolute atomic E-state index is 0.189. The number of pyridine rings is 1. The SMILES string of the molecule is Cc1cccc(C2(N)OC(=O)CC(=O)O2)n1. The van der Waals surface area contributed by atoms with Crippen LogP contribution in [0.4, 0.5) is 0 Å². The summed E-state index contributed by atoms with van der Waals surface area (Å²) >= 11 is 0. The minimum atomic E-state index is -1.90. The molecule has 0 radical (unpaired) electrons. The summed E-state index contributed by atoms with van der Waals surface area (Å²) in [5.74, 6) is -3.34. The van der Waals surface area contributed by atoms with Gasteiger partial charge in [0.25, 0.3) is 0 Å². The third-order valence-electron chi connectivity index (χ3n) is 2.06. The number of cyclic esters (lactones) is 2. The summed E-state index contributed by atoms with van der Waals surface area (Å²) in [6.07, 6.45) is -0.426. The number of esters is 2. The minimum Gasteiger partial charge on any atom is -0.403 e. The standard InChI is InChI=1S/C10H10N2O4/c1-6-3-2-4-7(12-6)10(11)15-8(13)5-9(14)16-10/h2-4H,5,11H2,1H3. The lowest BCUT2D eigenvalue weighted by Gasteiger charge is -2.30. The molecule has 0 spiro atoms. The third kappa shape index (κ3) is 1.87. The largest absolute Gasteiger partial charge is 0.403 e. The van der Waals surface area contributed by atoms with Crippen molar-refractivity contribution in [2.75, 3.05) is 0 Å². The molecule has 2 heterocycles. The van der Waals surface area contributed by atoms with E-state index in [2.05, 4.69) is 4.98 Å². The topological polar surface area (TPSA) is 91.5 Å². The highest BCUT2D eigenvalue weighted by Gasteiger charge is 2.43. The molecule has 6 heteroatoms. The molecule has 1 aliphatic heterocycles. The van der Waals surface area contributed by atoms with Gasteiger partial charge < -0.3 is 9.47 Å². The molecule has 0 amide bonds. The van der Waals surface area contributed by atoms with Gasteiger partial charge in [-0.2, -0.15) is 0 Å². The first kappa shape index (κ1) is 10.6. The maximum absolute atomic E-state index is 11.1. The van der Waals surface area contributed by atoms with Crippen molar-refractivity contribution in [1.29, 1.82) is 0 Å². The molecule has 1 fully saturated rings. The van der Waals surface area contributed by atoms with E-state index in [1.54, 1.807) is 19.1 Å². The third-order valence-corrected chi connectivity index (χ3v) is 2.06. The lowest BCUT2D eigenvalue weighted by Crippen LogP contribution is -2.50. The van der Waals surface area contributed by atoms with Crippen LogP contribution in [0.1, 0.15) is 17.8 Å². The summed E-state index contributed by atoms with van der Waals surface area (Å²) in [6, 6.07) is 4.96. The molecule has 1 saturated heterocycles. The van der Waals surface area contributed by atoms with E-state index in [1.807, 2.05) is 0 Å². The fourth-order valence-corrected chi connectivity index (χ4v) is 1.39. The van der Waals surface area contributed by atoms with E-state index in [1.165, 1.54) is 6.07 Å². The van der Waals surface area contributed by atoms with Gasteiger partial charge in [0.1, 0.15) is 12.1 Å². The molecule has 16 heavy (non-hydrogen) atoms. The maximum atomic E-state index is 11.1. The molecule has 1 aliphatic rings. The van der Waals surface area contributed by atoms with E-state index in [0.717, 1.165) is 0 Å². The molecule has 0 aliphatic carbocycles. The number of ether oxygens (including phenoxy) is 2. The van der Waals surface area contributed by atoms with E-state index in [4.69, 9.17) is 15.2 Å². The van der Waals surface area contributed by atoms with E-state index >= 15 is 0 Å². The second-order valence-electron chi connectivity index (χ2n) is 3.46. The highest BCUT2D eigenvalue weighted by Crippen LogP contribution is 2.25. The highest BCUT2D eigenvalue weighted by molar-refractivity contribution is 5.93. The predicted octanol–water partition coefficient (Wildman–Crippen LogP) is -0.0509. The summed E-state index contributed by atoms with van der Waals surface area (Å²) in [5, 5.41) is 0. The van der Waals surface area contributed by atoms with Crippen LogP contribution >= 0.6 is 0 Å². The summed E-state index contributed by atoms with van der Waals surface area (Å²) < 4.78 is 9.64. The predicted molar refractivity (Wildman–Crippen MR) is 51.6 cm³/mol. The number of hydrogen-bond donors (Lipinski definition) is 1. The van der Waals surface area contributed by atoms with E-state index < -0.39 is 24.3 Å². The van der Waals surface area contributed by atoms with Gasteiger partial charge in [-0.05, 0) is 19.1 Å². The van der Waals surface area contributed by atoms with E-state index in [0.29, 0.717) is 5.69 Å². The zero-order valence-electron chi connectivity index (χ0n) is 8.60. The number of aromatic nitrogens is 1. The van der Waals surface area contributed by atoms with Crippen molar-refractivity contribution in [3.8, 4) is 0 Å². The van der Waals surface area contributed by atoms with Gasteiger partial charge in [0, 0.05) is 5.69 Å². The summed E-state index contributed by atoms with van der Waals surface area (Å²) in [7, 11) is 0. The number of carbonyl (C=O) groups is 2. The van der Waals surface area contributed by atoms with Gasteiger partial charge in [0.15, 0.2) is 0 Å². The number of nitrogens with zero attached hydrogens (tertiary/aromatic N) is 1. The Balaban J connectivity index is 2.37. The van der Waals surface area contributed by atoms with Crippen LogP contribution in [0, 0.1) is 6.92 Å². The molecule has 0 aromatic carbocycles. The van der Waals surface area contributed by atoms with Gasteiger partial charge >= 0.3 is 17.8 Å². The second-order valence-corrected chi connectivity index (χ2v) is 3.46. The Morgan fingerprint density at radius 2 is 1.94 bits per heavy atom. The summed E-state index contributed by atoms with van der Waals surface area (Å²) in [5.41, 5.74) is 6.55. The second kappa shape index (κ2) is 3.57. The first-order valence-corrected chi connectivity index (χ1v) is 4.66. The van der Waals surface area contributed by atoms with Gasteiger partial charge in [-0.1, -0.05) is 6.07 Å². The zero-order chi connectivity index (χ0) is 11.8. The molecule has 2 rings (SSSR count). The Morgan fingerprint density at radius 3 is 2.50 bits per heavy atom. The summed E-state index contributed by atoms with van der Waals surface area (Å²) in [4.78, 5) is 26.3. The normalized spacial score (nSPS) is 18.9. The zero-order valence-corrected chi connectivity index (χ0v) is 8.60. The molecular formula is C10H10N2O4. The first-order chi connectivity index (χ1) is 7.49. The maximum Gasteiger partial charge on any atom is 0.361 e. The quantitative estimate of drug-likeness (QED) is 0.529. The molecule has 2 N–H and O–H groups in total. The van der Waals surface area contributed by atoms with Gasteiger partial charge in [-0.25, -0.2) is 4.98 Å². The van der Waals surface area contributed by atoms with Crippen molar-refractivity contribution in [2.45, 2.75) is 19.3 Å². The fraction of sp³-hybridized carbons (Fsp3) is 0.300. The molecule has 0 atom stereocenters. The van der Waals surface area contributed by atoms with Crippen LogP contribution in [0.2, 0.25) is 0 Å². The smallest absolute Gasteiger partial charge is 0.361 e. The van der Waals surface area contributed by atoms with Crippen LogP contribution in [0.3, 0.4) is 0 Å². The Hall–Kier alpha value is -1.95. The Labute approximate surface area is 91.4 Å². The van der Waals surface area contributed by atoms with Crippen LogP contribution in [0.25, 0.3) is 0 Å². The summed E-state index contributed by atoms with van der Waals surface area (Å²) in [6.45, 7) is 1.75. The van der Waals surface area contributed by atoms with Crippen molar-refractivity contribution in [1.82, 2.24) is 4.98 Å². The molecule has 0 saturated carbocycles. The Bertz CT molecular complexity index is 442.